The number of carboxylic acid groups (broad SMARTS) is 1. The summed E-state index contributed by atoms with van der Waals surface area (Å²) in [6.07, 6.45) is 2.60. The molecule has 0 saturated carbocycles. The first-order chi connectivity index (χ1) is 8.75. The Morgan fingerprint density at radius 1 is 1.39 bits per heavy atom. The maximum absolute atomic E-state index is 10.9. The fourth-order valence-corrected chi connectivity index (χ4v) is 3.39. The molecule has 1 saturated heterocycles. The summed E-state index contributed by atoms with van der Waals surface area (Å²) in [5.74, 6) is 2.48. The zero-order valence-electron chi connectivity index (χ0n) is 10.4. The van der Waals surface area contributed by atoms with Crippen molar-refractivity contribution in [2.24, 2.45) is 5.92 Å². The topological polar surface area (TPSA) is 49.3 Å². The lowest BCUT2D eigenvalue weighted by Gasteiger charge is -2.21. The van der Waals surface area contributed by atoms with Crippen molar-refractivity contribution in [3.05, 3.63) is 35.4 Å². The largest absolute Gasteiger partial charge is 0.478 e. The molecule has 0 atom stereocenters. The van der Waals surface area contributed by atoms with E-state index in [0.29, 0.717) is 5.56 Å². The third-order valence-electron chi connectivity index (χ3n) is 3.28. The van der Waals surface area contributed by atoms with Crippen LogP contribution in [0.2, 0.25) is 0 Å². The molecule has 0 spiro atoms. The Hall–Kier alpha value is -1.00. The predicted molar refractivity (Wildman–Crippen MR) is 75.2 cm³/mol. The number of benzene rings is 1. The summed E-state index contributed by atoms with van der Waals surface area (Å²) < 4.78 is 0. The van der Waals surface area contributed by atoms with Gasteiger partial charge in [0.2, 0.25) is 0 Å². The van der Waals surface area contributed by atoms with Crippen molar-refractivity contribution in [1.29, 1.82) is 0 Å². The molecule has 0 amide bonds. The molecule has 0 radical (unpaired) electrons. The number of nitrogens with one attached hydrogen (secondary N) is 1. The van der Waals surface area contributed by atoms with Crippen LogP contribution in [0, 0.1) is 5.92 Å². The molecule has 2 N–H and O–H groups in total. The first-order valence-corrected chi connectivity index (χ1v) is 7.52. The second-order valence-corrected chi connectivity index (χ2v) is 5.92. The smallest absolute Gasteiger partial charge is 0.335 e. The molecule has 0 aliphatic carbocycles. The van der Waals surface area contributed by atoms with Crippen LogP contribution in [0.25, 0.3) is 0 Å². The van der Waals surface area contributed by atoms with Crippen molar-refractivity contribution < 1.29 is 9.90 Å². The molecule has 18 heavy (non-hydrogen) atoms. The monoisotopic (exact) mass is 265 g/mol. The Bertz CT molecular complexity index is 403. The zero-order chi connectivity index (χ0) is 12.8. The van der Waals surface area contributed by atoms with Crippen LogP contribution >= 0.6 is 11.8 Å². The molecule has 1 aromatic rings. The Balaban J connectivity index is 1.78. The number of carbonyl (C=O) groups is 1. The minimum atomic E-state index is -0.860. The van der Waals surface area contributed by atoms with Gasteiger partial charge in [0, 0.05) is 6.54 Å². The second kappa shape index (κ2) is 6.81. The summed E-state index contributed by atoms with van der Waals surface area (Å²) in [7, 11) is 0. The van der Waals surface area contributed by atoms with Gasteiger partial charge in [-0.15, -0.1) is 0 Å². The molecule has 1 fully saturated rings. The van der Waals surface area contributed by atoms with Gasteiger partial charge in [-0.2, -0.15) is 11.8 Å². The predicted octanol–water partition coefficient (Wildman–Crippen LogP) is 2.62. The van der Waals surface area contributed by atoms with E-state index in [1.165, 1.54) is 24.3 Å². The van der Waals surface area contributed by atoms with Gasteiger partial charge in [0.25, 0.3) is 0 Å². The Kier molecular flexibility index (Phi) is 5.08. The zero-order valence-corrected chi connectivity index (χ0v) is 11.2. The number of thioether (sulfide) groups is 1. The van der Waals surface area contributed by atoms with Crippen molar-refractivity contribution >= 4 is 17.7 Å². The van der Waals surface area contributed by atoms with Crippen LogP contribution in [0.3, 0.4) is 0 Å². The van der Waals surface area contributed by atoms with Gasteiger partial charge >= 0.3 is 5.97 Å². The van der Waals surface area contributed by atoms with Gasteiger partial charge in [-0.05, 0) is 54.5 Å². The van der Waals surface area contributed by atoms with Crippen LogP contribution in [-0.4, -0.2) is 29.1 Å². The molecule has 1 heterocycles. The minimum absolute atomic E-state index is 0.364. The Labute approximate surface area is 112 Å². The van der Waals surface area contributed by atoms with Crippen molar-refractivity contribution in [2.45, 2.75) is 19.4 Å². The van der Waals surface area contributed by atoms with E-state index in [1.807, 2.05) is 17.8 Å². The van der Waals surface area contributed by atoms with E-state index in [2.05, 4.69) is 5.32 Å². The fraction of sp³-hybridized carbons (Fsp3) is 0.500. The van der Waals surface area contributed by atoms with Crippen molar-refractivity contribution in [1.82, 2.24) is 5.32 Å². The standard InChI is InChI=1S/C14H19NO2S/c16-14(17)13-3-1-2-12(8-13)10-15-9-11-4-6-18-7-5-11/h1-3,8,11,15H,4-7,9-10H2,(H,16,17). The number of rotatable bonds is 5. The quantitative estimate of drug-likeness (QED) is 0.859. The maximum Gasteiger partial charge on any atom is 0.335 e. The molecule has 1 aliphatic rings. The van der Waals surface area contributed by atoms with Gasteiger partial charge in [0.15, 0.2) is 0 Å². The summed E-state index contributed by atoms with van der Waals surface area (Å²) in [6.45, 7) is 1.79. The van der Waals surface area contributed by atoms with Gasteiger partial charge in [-0.25, -0.2) is 4.79 Å². The third kappa shape index (κ3) is 4.03. The lowest BCUT2D eigenvalue weighted by Crippen LogP contribution is -2.25. The molecule has 2 rings (SSSR count). The lowest BCUT2D eigenvalue weighted by atomic mass is 10.0. The number of carboxylic acids is 1. The molecular weight excluding hydrogens is 246 g/mol. The summed E-state index contributed by atoms with van der Waals surface area (Å²) in [5.41, 5.74) is 1.41. The van der Waals surface area contributed by atoms with E-state index in [0.717, 1.165) is 24.6 Å². The number of hydrogen-bond acceptors (Lipinski definition) is 3. The van der Waals surface area contributed by atoms with Gasteiger partial charge < -0.3 is 10.4 Å². The van der Waals surface area contributed by atoms with Crippen LogP contribution < -0.4 is 5.32 Å². The molecule has 4 heteroatoms. The molecule has 3 nitrogen and oxygen atoms in total. The van der Waals surface area contributed by atoms with E-state index >= 15 is 0 Å². The van der Waals surface area contributed by atoms with Crippen molar-refractivity contribution in [2.75, 3.05) is 18.1 Å². The van der Waals surface area contributed by atoms with Gasteiger partial charge in [0.1, 0.15) is 0 Å². The summed E-state index contributed by atoms with van der Waals surface area (Å²) >= 11 is 2.04. The number of hydrogen-bond donors (Lipinski definition) is 2. The Morgan fingerprint density at radius 2 is 2.17 bits per heavy atom. The van der Waals surface area contributed by atoms with Crippen LogP contribution in [0.15, 0.2) is 24.3 Å². The highest BCUT2D eigenvalue weighted by Crippen LogP contribution is 2.21. The second-order valence-electron chi connectivity index (χ2n) is 4.69. The van der Waals surface area contributed by atoms with Crippen molar-refractivity contribution in [3.8, 4) is 0 Å². The van der Waals surface area contributed by atoms with Gasteiger partial charge in [-0.3, -0.25) is 0 Å². The minimum Gasteiger partial charge on any atom is -0.478 e. The average molecular weight is 265 g/mol. The van der Waals surface area contributed by atoms with E-state index < -0.39 is 5.97 Å². The molecule has 0 bridgehead atoms. The number of aromatic carboxylic acids is 1. The maximum atomic E-state index is 10.9. The molecule has 1 aliphatic heterocycles. The summed E-state index contributed by atoms with van der Waals surface area (Å²) in [4.78, 5) is 10.9. The van der Waals surface area contributed by atoms with Gasteiger partial charge in [0.05, 0.1) is 5.56 Å². The summed E-state index contributed by atoms with van der Waals surface area (Å²) in [5, 5.41) is 12.4. The third-order valence-corrected chi connectivity index (χ3v) is 4.33. The van der Waals surface area contributed by atoms with E-state index in [4.69, 9.17) is 5.11 Å². The average Bonchev–Trinajstić information content (AvgIpc) is 2.40. The first-order valence-electron chi connectivity index (χ1n) is 6.36. The van der Waals surface area contributed by atoms with Crippen LogP contribution in [0.4, 0.5) is 0 Å². The molecule has 0 unspecified atom stereocenters. The van der Waals surface area contributed by atoms with E-state index in [-0.39, 0.29) is 0 Å². The van der Waals surface area contributed by atoms with E-state index in [1.54, 1.807) is 18.2 Å². The first kappa shape index (κ1) is 13.4. The highest BCUT2D eigenvalue weighted by atomic mass is 32.2. The normalized spacial score (nSPS) is 16.7. The molecule has 0 aromatic heterocycles. The van der Waals surface area contributed by atoms with Crippen LogP contribution in [0.1, 0.15) is 28.8 Å². The molecular formula is C14H19NO2S. The molecule has 98 valence electrons. The SMILES string of the molecule is O=C(O)c1cccc(CNCC2CCSCC2)c1. The lowest BCUT2D eigenvalue weighted by molar-refractivity contribution is 0.0696. The van der Waals surface area contributed by atoms with Crippen LogP contribution in [-0.2, 0) is 6.54 Å². The molecule has 1 aromatic carbocycles. The van der Waals surface area contributed by atoms with Gasteiger partial charge in [-0.1, -0.05) is 12.1 Å². The highest BCUT2D eigenvalue weighted by Gasteiger charge is 2.12. The van der Waals surface area contributed by atoms with E-state index in [9.17, 15) is 4.79 Å². The summed E-state index contributed by atoms with van der Waals surface area (Å²) in [6, 6.07) is 7.14. The fourth-order valence-electron chi connectivity index (χ4n) is 2.19. The van der Waals surface area contributed by atoms with Crippen molar-refractivity contribution in [3.63, 3.8) is 0 Å². The highest BCUT2D eigenvalue weighted by molar-refractivity contribution is 7.99. The van der Waals surface area contributed by atoms with Crippen LogP contribution in [0.5, 0.6) is 0 Å². The Morgan fingerprint density at radius 3 is 2.89 bits per heavy atom.